The van der Waals surface area contributed by atoms with Crippen LogP contribution in [0, 0.1) is 5.92 Å². The van der Waals surface area contributed by atoms with Gasteiger partial charge in [0, 0.05) is 13.0 Å². The highest BCUT2D eigenvalue weighted by Crippen LogP contribution is 2.23. The van der Waals surface area contributed by atoms with Gasteiger partial charge >= 0.3 is 5.97 Å². The van der Waals surface area contributed by atoms with Crippen molar-refractivity contribution in [3.05, 3.63) is 12.2 Å². The standard InChI is InChI=1S/C23H43NO3/c1-24(2)19-22(25)20-27-23(26)18-12-10-8-6-4-3-5-7-9-11-15-21-16-13-14-17-21/h13,16,21-22,25H,3-12,14-15,17-20H2,1-2H3. The second-order valence-electron chi connectivity index (χ2n) is 8.44. The van der Waals surface area contributed by atoms with Crippen LogP contribution in [-0.2, 0) is 9.53 Å². The lowest BCUT2D eigenvalue weighted by Gasteiger charge is -2.15. The first-order chi connectivity index (χ1) is 13.1. The number of carbonyl (C=O) groups excluding carboxylic acids is 1. The lowest BCUT2D eigenvalue weighted by Crippen LogP contribution is -2.30. The zero-order valence-electron chi connectivity index (χ0n) is 17.8. The number of ether oxygens (including phenoxy) is 1. The molecule has 1 N–H and O–H groups in total. The first-order valence-electron chi connectivity index (χ1n) is 11.2. The molecule has 0 amide bonds. The van der Waals surface area contributed by atoms with Crippen molar-refractivity contribution in [2.75, 3.05) is 27.2 Å². The van der Waals surface area contributed by atoms with Crippen molar-refractivity contribution in [3.8, 4) is 0 Å². The molecule has 0 aromatic heterocycles. The van der Waals surface area contributed by atoms with E-state index in [0.29, 0.717) is 13.0 Å². The summed E-state index contributed by atoms with van der Waals surface area (Å²) in [6.07, 6.45) is 21.5. The van der Waals surface area contributed by atoms with E-state index in [0.717, 1.165) is 18.8 Å². The number of allylic oxidation sites excluding steroid dienone is 2. The zero-order chi connectivity index (χ0) is 19.7. The number of unbranched alkanes of at least 4 members (excludes halogenated alkanes) is 9. The summed E-state index contributed by atoms with van der Waals surface area (Å²) in [7, 11) is 3.78. The van der Waals surface area contributed by atoms with Gasteiger partial charge in [-0.1, -0.05) is 69.9 Å². The van der Waals surface area contributed by atoms with Gasteiger partial charge in [-0.15, -0.1) is 0 Å². The van der Waals surface area contributed by atoms with Gasteiger partial charge in [0.15, 0.2) is 0 Å². The van der Waals surface area contributed by atoms with Gasteiger partial charge in [-0.05, 0) is 45.7 Å². The Kier molecular flexibility index (Phi) is 14.4. The number of nitrogens with zero attached hydrogens (tertiary/aromatic N) is 1. The predicted octanol–water partition coefficient (Wildman–Crippen LogP) is 5.10. The molecule has 27 heavy (non-hydrogen) atoms. The minimum absolute atomic E-state index is 0.106. The van der Waals surface area contributed by atoms with Crippen LogP contribution >= 0.6 is 0 Å². The normalized spacial score (nSPS) is 17.6. The van der Waals surface area contributed by atoms with Crippen LogP contribution in [0.1, 0.15) is 89.9 Å². The number of hydrogen-bond donors (Lipinski definition) is 1. The monoisotopic (exact) mass is 381 g/mol. The molecule has 0 heterocycles. The Balaban J connectivity index is 1.76. The summed E-state index contributed by atoms with van der Waals surface area (Å²) >= 11 is 0. The van der Waals surface area contributed by atoms with Gasteiger partial charge in [0.2, 0.25) is 0 Å². The number of likely N-dealkylation sites (N-methyl/N-ethyl adjacent to an activating group) is 1. The van der Waals surface area contributed by atoms with Gasteiger partial charge in [-0.25, -0.2) is 0 Å². The Morgan fingerprint density at radius 2 is 1.63 bits per heavy atom. The molecule has 0 aliphatic heterocycles. The van der Waals surface area contributed by atoms with E-state index in [1.54, 1.807) is 0 Å². The molecular weight excluding hydrogens is 338 g/mol. The smallest absolute Gasteiger partial charge is 0.305 e. The Bertz CT molecular complexity index is 395. The molecule has 4 heteroatoms. The second kappa shape index (κ2) is 16.1. The van der Waals surface area contributed by atoms with Crippen LogP contribution in [0.15, 0.2) is 12.2 Å². The van der Waals surface area contributed by atoms with Crippen molar-refractivity contribution in [2.24, 2.45) is 5.92 Å². The molecule has 2 unspecified atom stereocenters. The van der Waals surface area contributed by atoms with E-state index >= 15 is 0 Å². The fraction of sp³-hybridized carbons (Fsp3) is 0.870. The largest absolute Gasteiger partial charge is 0.463 e. The van der Waals surface area contributed by atoms with Crippen LogP contribution < -0.4 is 0 Å². The quantitative estimate of drug-likeness (QED) is 0.216. The molecule has 2 atom stereocenters. The van der Waals surface area contributed by atoms with Crippen molar-refractivity contribution in [3.63, 3.8) is 0 Å². The summed E-state index contributed by atoms with van der Waals surface area (Å²) in [6, 6.07) is 0. The number of carbonyl (C=O) groups is 1. The molecule has 0 aromatic rings. The average Bonchev–Trinajstić information content (AvgIpc) is 3.13. The number of aliphatic hydroxyl groups excluding tert-OH is 1. The first-order valence-corrected chi connectivity index (χ1v) is 11.2. The van der Waals surface area contributed by atoms with Crippen molar-refractivity contribution in [2.45, 2.75) is 96.0 Å². The molecule has 1 rings (SSSR count). The molecule has 4 nitrogen and oxygen atoms in total. The Labute approximate surface area is 167 Å². The number of hydrogen-bond acceptors (Lipinski definition) is 4. The fourth-order valence-corrected chi connectivity index (χ4v) is 3.76. The number of rotatable bonds is 17. The van der Waals surface area contributed by atoms with E-state index in [9.17, 15) is 9.90 Å². The van der Waals surface area contributed by atoms with Gasteiger partial charge in [0.05, 0.1) is 0 Å². The molecule has 0 aromatic carbocycles. The molecule has 0 radical (unpaired) electrons. The highest BCUT2D eigenvalue weighted by molar-refractivity contribution is 5.69. The van der Waals surface area contributed by atoms with E-state index in [4.69, 9.17) is 4.74 Å². The lowest BCUT2D eigenvalue weighted by atomic mass is 9.99. The van der Waals surface area contributed by atoms with E-state index in [-0.39, 0.29) is 12.6 Å². The summed E-state index contributed by atoms with van der Waals surface area (Å²) in [5.74, 6) is 0.700. The van der Waals surface area contributed by atoms with Crippen LogP contribution in [0.3, 0.4) is 0 Å². The Morgan fingerprint density at radius 3 is 2.19 bits per heavy atom. The Hall–Kier alpha value is -0.870. The lowest BCUT2D eigenvalue weighted by molar-refractivity contribution is -0.147. The SMILES string of the molecule is CN(C)CC(O)COC(=O)CCCCCCCCCCCCC1C=CCC1. The van der Waals surface area contributed by atoms with Crippen molar-refractivity contribution in [1.29, 1.82) is 0 Å². The van der Waals surface area contributed by atoms with Crippen LogP contribution in [0.2, 0.25) is 0 Å². The van der Waals surface area contributed by atoms with E-state index < -0.39 is 6.10 Å². The van der Waals surface area contributed by atoms with Crippen molar-refractivity contribution < 1.29 is 14.6 Å². The number of esters is 1. The molecule has 0 saturated carbocycles. The topological polar surface area (TPSA) is 49.8 Å². The highest BCUT2D eigenvalue weighted by Gasteiger charge is 2.10. The summed E-state index contributed by atoms with van der Waals surface area (Å²) < 4.78 is 5.11. The maximum Gasteiger partial charge on any atom is 0.305 e. The minimum Gasteiger partial charge on any atom is -0.463 e. The molecule has 0 saturated heterocycles. The van der Waals surface area contributed by atoms with Crippen LogP contribution in [0.4, 0.5) is 0 Å². The Morgan fingerprint density at radius 1 is 1.04 bits per heavy atom. The van der Waals surface area contributed by atoms with E-state index in [1.165, 1.54) is 70.6 Å². The minimum atomic E-state index is -0.594. The molecule has 1 aliphatic carbocycles. The molecule has 0 bridgehead atoms. The van der Waals surface area contributed by atoms with Gasteiger partial charge in [0.25, 0.3) is 0 Å². The fourth-order valence-electron chi connectivity index (χ4n) is 3.76. The van der Waals surface area contributed by atoms with Crippen LogP contribution in [0.25, 0.3) is 0 Å². The van der Waals surface area contributed by atoms with Crippen molar-refractivity contribution in [1.82, 2.24) is 4.90 Å². The molecule has 158 valence electrons. The van der Waals surface area contributed by atoms with E-state index in [1.807, 2.05) is 19.0 Å². The third-order valence-corrected chi connectivity index (χ3v) is 5.33. The van der Waals surface area contributed by atoms with E-state index in [2.05, 4.69) is 12.2 Å². The van der Waals surface area contributed by atoms with Crippen LogP contribution in [0.5, 0.6) is 0 Å². The first kappa shape index (κ1) is 24.2. The maximum absolute atomic E-state index is 11.6. The molecule has 0 fully saturated rings. The summed E-state index contributed by atoms with van der Waals surface area (Å²) in [6.45, 7) is 0.625. The highest BCUT2D eigenvalue weighted by atomic mass is 16.5. The molecular formula is C23H43NO3. The van der Waals surface area contributed by atoms with Crippen LogP contribution in [-0.4, -0.2) is 49.3 Å². The zero-order valence-corrected chi connectivity index (χ0v) is 17.8. The summed E-state index contributed by atoms with van der Waals surface area (Å²) in [5, 5.41) is 9.66. The second-order valence-corrected chi connectivity index (χ2v) is 8.44. The summed E-state index contributed by atoms with van der Waals surface area (Å²) in [5.41, 5.74) is 0. The third-order valence-electron chi connectivity index (χ3n) is 5.33. The average molecular weight is 382 g/mol. The summed E-state index contributed by atoms with van der Waals surface area (Å²) in [4.78, 5) is 13.5. The van der Waals surface area contributed by atoms with Gasteiger partial charge in [-0.2, -0.15) is 0 Å². The third kappa shape index (κ3) is 14.8. The van der Waals surface area contributed by atoms with Gasteiger partial charge < -0.3 is 14.7 Å². The predicted molar refractivity (Wildman–Crippen MR) is 113 cm³/mol. The van der Waals surface area contributed by atoms with Crippen molar-refractivity contribution >= 4 is 5.97 Å². The van der Waals surface area contributed by atoms with Gasteiger partial charge in [-0.3, -0.25) is 4.79 Å². The van der Waals surface area contributed by atoms with Gasteiger partial charge in [0.1, 0.15) is 12.7 Å². The number of aliphatic hydroxyl groups is 1. The molecule has 1 aliphatic rings. The molecule has 0 spiro atoms. The maximum atomic E-state index is 11.6.